The van der Waals surface area contributed by atoms with Crippen molar-refractivity contribution in [3.05, 3.63) is 57.9 Å². The quantitative estimate of drug-likeness (QED) is 0.738. The topological polar surface area (TPSA) is 43.7 Å². The minimum absolute atomic E-state index is 0.0358. The number of hydrogen-bond acceptors (Lipinski definition) is 3. The van der Waals surface area contributed by atoms with E-state index in [1.165, 1.54) is 12.1 Å². The van der Waals surface area contributed by atoms with Crippen molar-refractivity contribution in [2.45, 2.75) is 24.9 Å². The lowest BCUT2D eigenvalue weighted by atomic mass is 9.74. The molecule has 0 spiro atoms. The summed E-state index contributed by atoms with van der Waals surface area (Å²) in [5, 5.41) is 21.3. The number of aliphatic hydroxyl groups is 2. The Morgan fingerprint density at radius 1 is 1.25 bits per heavy atom. The van der Waals surface area contributed by atoms with Crippen LogP contribution in [0.5, 0.6) is 0 Å². The fourth-order valence-corrected chi connectivity index (χ4v) is 3.72. The second-order valence-electron chi connectivity index (χ2n) is 6.59. The van der Waals surface area contributed by atoms with Gasteiger partial charge in [-0.1, -0.05) is 40.2 Å². The van der Waals surface area contributed by atoms with E-state index in [1.54, 1.807) is 12.1 Å². The number of nitrogens with zero attached hydrogens (tertiary/aromatic N) is 1. The molecule has 0 amide bonds. The van der Waals surface area contributed by atoms with Gasteiger partial charge in [0, 0.05) is 5.92 Å². The van der Waals surface area contributed by atoms with Crippen LogP contribution in [0, 0.1) is 11.7 Å². The molecule has 5 heteroatoms. The predicted octanol–water partition coefficient (Wildman–Crippen LogP) is 3.57. The van der Waals surface area contributed by atoms with Crippen molar-refractivity contribution in [3.8, 4) is 0 Å². The molecule has 24 heavy (non-hydrogen) atoms. The Morgan fingerprint density at radius 3 is 2.50 bits per heavy atom. The van der Waals surface area contributed by atoms with Crippen LogP contribution in [0.15, 0.2) is 46.5 Å². The van der Waals surface area contributed by atoms with Gasteiger partial charge in [-0.3, -0.25) is 0 Å². The number of benzene rings is 1. The van der Waals surface area contributed by atoms with E-state index in [0.717, 1.165) is 23.0 Å². The number of allylic oxidation sites excluding steroid dienone is 3. The SMILES string of the molecule is CN(C)CCC[C@@](O)(C1=CC=C(Br)CC1CO)c1ccc(F)cc1. The van der Waals surface area contributed by atoms with Gasteiger partial charge in [-0.2, -0.15) is 0 Å². The molecule has 2 atom stereocenters. The van der Waals surface area contributed by atoms with Crippen molar-refractivity contribution in [2.75, 3.05) is 27.2 Å². The Bertz CT molecular complexity index is 612. The third-order valence-corrected chi connectivity index (χ3v) is 5.08. The van der Waals surface area contributed by atoms with Gasteiger partial charge < -0.3 is 15.1 Å². The third kappa shape index (κ3) is 4.54. The highest BCUT2D eigenvalue weighted by Crippen LogP contribution is 2.42. The molecular formula is C19H25BrFNO2. The summed E-state index contributed by atoms with van der Waals surface area (Å²) in [6, 6.07) is 6.01. The van der Waals surface area contributed by atoms with Gasteiger partial charge in [0.2, 0.25) is 0 Å². The molecule has 2 rings (SSSR count). The van der Waals surface area contributed by atoms with Crippen molar-refractivity contribution in [3.63, 3.8) is 0 Å². The summed E-state index contributed by atoms with van der Waals surface area (Å²) in [5.41, 5.74) is 0.249. The molecule has 1 unspecified atom stereocenters. The molecule has 1 aliphatic carbocycles. The Labute approximate surface area is 151 Å². The van der Waals surface area contributed by atoms with Crippen LogP contribution in [-0.2, 0) is 5.60 Å². The summed E-state index contributed by atoms with van der Waals surface area (Å²) in [6.07, 6.45) is 5.76. The zero-order chi connectivity index (χ0) is 17.7. The van der Waals surface area contributed by atoms with E-state index in [4.69, 9.17) is 0 Å². The fraction of sp³-hybridized carbons (Fsp3) is 0.474. The third-order valence-electron chi connectivity index (χ3n) is 4.49. The maximum absolute atomic E-state index is 13.3. The van der Waals surface area contributed by atoms with Gasteiger partial charge >= 0.3 is 0 Å². The van der Waals surface area contributed by atoms with Crippen LogP contribution in [-0.4, -0.2) is 42.4 Å². The Balaban J connectivity index is 2.39. The summed E-state index contributed by atoms with van der Waals surface area (Å²) < 4.78 is 14.3. The first-order valence-corrected chi connectivity index (χ1v) is 8.97. The first kappa shape index (κ1) is 19.3. The van der Waals surface area contributed by atoms with Gasteiger partial charge in [-0.25, -0.2) is 4.39 Å². The van der Waals surface area contributed by atoms with Gasteiger partial charge in [-0.15, -0.1) is 0 Å². The Kier molecular flexibility index (Phi) is 6.75. The lowest BCUT2D eigenvalue weighted by molar-refractivity contribution is 0.0446. The molecular weight excluding hydrogens is 373 g/mol. The van der Waals surface area contributed by atoms with E-state index < -0.39 is 5.60 Å². The van der Waals surface area contributed by atoms with Crippen molar-refractivity contribution in [1.82, 2.24) is 4.90 Å². The smallest absolute Gasteiger partial charge is 0.123 e. The summed E-state index contributed by atoms with van der Waals surface area (Å²) >= 11 is 3.47. The van der Waals surface area contributed by atoms with Crippen LogP contribution in [0.4, 0.5) is 4.39 Å². The van der Waals surface area contributed by atoms with E-state index in [-0.39, 0.29) is 18.3 Å². The second kappa shape index (κ2) is 8.39. The number of hydrogen-bond donors (Lipinski definition) is 2. The van der Waals surface area contributed by atoms with Crippen LogP contribution < -0.4 is 0 Å². The van der Waals surface area contributed by atoms with E-state index in [9.17, 15) is 14.6 Å². The van der Waals surface area contributed by atoms with E-state index in [1.807, 2.05) is 26.2 Å². The molecule has 0 saturated carbocycles. The predicted molar refractivity (Wildman–Crippen MR) is 98.4 cm³/mol. The van der Waals surface area contributed by atoms with Crippen LogP contribution in [0.1, 0.15) is 24.8 Å². The molecule has 1 aromatic carbocycles. The molecule has 0 aromatic heterocycles. The molecule has 0 fully saturated rings. The van der Waals surface area contributed by atoms with Crippen LogP contribution in [0.3, 0.4) is 0 Å². The molecule has 3 nitrogen and oxygen atoms in total. The van der Waals surface area contributed by atoms with Crippen molar-refractivity contribution < 1.29 is 14.6 Å². The Morgan fingerprint density at radius 2 is 1.92 bits per heavy atom. The molecule has 0 radical (unpaired) electrons. The van der Waals surface area contributed by atoms with Gasteiger partial charge in [0.25, 0.3) is 0 Å². The second-order valence-corrected chi connectivity index (χ2v) is 7.61. The summed E-state index contributed by atoms with van der Waals surface area (Å²) in [4.78, 5) is 2.07. The lowest BCUT2D eigenvalue weighted by Crippen LogP contribution is -2.35. The molecule has 0 bridgehead atoms. The van der Waals surface area contributed by atoms with Crippen LogP contribution in [0.25, 0.3) is 0 Å². The van der Waals surface area contributed by atoms with Gasteiger partial charge in [0.1, 0.15) is 11.4 Å². The van der Waals surface area contributed by atoms with Crippen molar-refractivity contribution in [2.24, 2.45) is 5.92 Å². The standard InChI is InChI=1S/C19H25BrFNO2/c1-22(2)11-3-10-19(24,15-4-7-17(21)8-5-15)18-9-6-16(20)12-14(18)13-23/h4-9,14,23-24H,3,10-13H2,1-2H3/t14?,19-/m0/s1. The van der Waals surface area contributed by atoms with E-state index >= 15 is 0 Å². The monoisotopic (exact) mass is 397 g/mol. The highest BCUT2D eigenvalue weighted by molar-refractivity contribution is 9.11. The minimum Gasteiger partial charge on any atom is -0.396 e. The lowest BCUT2D eigenvalue weighted by Gasteiger charge is -2.37. The van der Waals surface area contributed by atoms with Gasteiger partial charge in [0.05, 0.1) is 6.61 Å². The average molecular weight is 398 g/mol. The van der Waals surface area contributed by atoms with Crippen LogP contribution >= 0.6 is 15.9 Å². The number of aliphatic hydroxyl groups excluding tert-OH is 1. The zero-order valence-corrected chi connectivity index (χ0v) is 15.8. The molecule has 2 N–H and O–H groups in total. The fourth-order valence-electron chi connectivity index (χ4n) is 3.20. The average Bonchev–Trinajstić information content (AvgIpc) is 2.54. The van der Waals surface area contributed by atoms with E-state index in [0.29, 0.717) is 18.4 Å². The van der Waals surface area contributed by atoms with Crippen LogP contribution in [0.2, 0.25) is 0 Å². The highest BCUT2D eigenvalue weighted by atomic mass is 79.9. The maximum atomic E-state index is 13.3. The van der Waals surface area contributed by atoms with Crippen molar-refractivity contribution in [1.29, 1.82) is 0 Å². The molecule has 1 aliphatic rings. The number of halogens is 2. The molecule has 0 aliphatic heterocycles. The minimum atomic E-state index is -1.21. The maximum Gasteiger partial charge on any atom is 0.123 e. The largest absolute Gasteiger partial charge is 0.396 e. The zero-order valence-electron chi connectivity index (χ0n) is 14.2. The van der Waals surface area contributed by atoms with Crippen molar-refractivity contribution >= 4 is 15.9 Å². The van der Waals surface area contributed by atoms with E-state index in [2.05, 4.69) is 20.8 Å². The normalized spacial score (nSPS) is 20.5. The summed E-state index contributed by atoms with van der Waals surface area (Å²) in [5.74, 6) is -0.479. The summed E-state index contributed by atoms with van der Waals surface area (Å²) in [7, 11) is 3.99. The van der Waals surface area contributed by atoms with Gasteiger partial charge in [0.15, 0.2) is 0 Å². The first-order valence-electron chi connectivity index (χ1n) is 8.17. The highest BCUT2D eigenvalue weighted by Gasteiger charge is 2.38. The Hall–Kier alpha value is -1.01. The first-order chi connectivity index (χ1) is 11.4. The molecule has 132 valence electrons. The number of rotatable bonds is 7. The van der Waals surface area contributed by atoms with Gasteiger partial charge in [-0.05, 0) is 67.7 Å². The molecule has 0 heterocycles. The molecule has 1 aromatic rings. The molecule has 0 saturated heterocycles. The summed E-state index contributed by atoms with van der Waals surface area (Å²) in [6.45, 7) is 0.812.